The minimum atomic E-state index is -0.255. The van der Waals surface area contributed by atoms with Gasteiger partial charge in [0.05, 0.1) is 18.1 Å². The SMILES string of the molecule is COc1ccc2nccc(CCN3CC[C@@H](CNCc4cc5c(cc4F)OCCO5)C3)c2n1. The Balaban J connectivity index is 1.11. The van der Waals surface area contributed by atoms with Gasteiger partial charge < -0.3 is 24.4 Å². The van der Waals surface area contributed by atoms with Gasteiger partial charge in [0.1, 0.15) is 19.0 Å². The maximum Gasteiger partial charge on any atom is 0.213 e. The van der Waals surface area contributed by atoms with Crippen LogP contribution in [0.15, 0.2) is 36.5 Å². The van der Waals surface area contributed by atoms with Crippen LogP contribution in [0.5, 0.6) is 17.4 Å². The van der Waals surface area contributed by atoms with Gasteiger partial charge in [0, 0.05) is 43.5 Å². The largest absolute Gasteiger partial charge is 0.486 e. The lowest BCUT2D eigenvalue weighted by atomic mass is 10.1. The molecule has 0 saturated carbocycles. The van der Waals surface area contributed by atoms with Crippen LogP contribution in [0, 0.1) is 11.7 Å². The van der Waals surface area contributed by atoms with E-state index in [9.17, 15) is 4.39 Å². The normalized spacial score (nSPS) is 18.1. The quantitative estimate of drug-likeness (QED) is 0.563. The summed E-state index contributed by atoms with van der Waals surface area (Å²) >= 11 is 0. The molecule has 2 aliphatic heterocycles. The van der Waals surface area contributed by atoms with E-state index < -0.39 is 0 Å². The fourth-order valence-corrected chi connectivity index (χ4v) is 4.59. The Labute approximate surface area is 192 Å². The number of fused-ring (bicyclic) bond motifs is 2. The van der Waals surface area contributed by atoms with Gasteiger partial charge in [-0.3, -0.25) is 4.98 Å². The third-order valence-electron chi connectivity index (χ3n) is 6.38. The molecule has 1 fully saturated rings. The van der Waals surface area contributed by atoms with E-state index in [1.807, 2.05) is 24.4 Å². The predicted octanol–water partition coefficient (Wildman–Crippen LogP) is 3.20. The highest BCUT2D eigenvalue weighted by molar-refractivity contribution is 5.78. The van der Waals surface area contributed by atoms with E-state index in [1.165, 1.54) is 11.6 Å². The summed E-state index contributed by atoms with van der Waals surface area (Å²) < 4.78 is 30.7. The molecule has 0 bridgehead atoms. The first-order chi connectivity index (χ1) is 16.2. The van der Waals surface area contributed by atoms with Crippen molar-refractivity contribution in [2.75, 3.05) is 46.5 Å². The number of nitrogens with one attached hydrogen (secondary N) is 1. The molecule has 0 radical (unpaired) electrons. The van der Waals surface area contributed by atoms with E-state index in [4.69, 9.17) is 14.2 Å². The van der Waals surface area contributed by atoms with Crippen LogP contribution >= 0.6 is 0 Å². The molecule has 0 aliphatic carbocycles. The Morgan fingerprint density at radius 3 is 2.85 bits per heavy atom. The number of aromatic nitrogens is 2. The summed E-state index contributed by atoms with van der Waals surface area (Å²) in [5, 5.41) is 3.43. The number of nitrogens with zero attached hydrogens (tertiary/aromatic N) is 3. The van der Waals surface area contributed by atoms with E-state index in [2.05, 4.69) is 20.2 Å². The van der Waals surface area contributed by atoms with E-state index in [1.54, 1.807) is 13.2 Å². The summed E-state index contributed by atoms with van der Waals surface area (Å²) in [5.41, 5.74) is 3.61. The molecule has 1 saturated heterocycles. The molecule has 1 atom stereocenters. The zero-order chi connectivity index (χ0) is 22.6. The summed E-state index contributed by atoms with van der Waals surface area (Å²) in [7, 11) is 1.63. The van der Waals surface area contributed by atoms with Crippen LogP contribution in [0.3, 0.4) is 0 Å². The van der Waals surface area contributed by atoms with Gasteiger partial charge in [-0.1, -0.05) is 0 Å². The highest BCUT2D eigenvalue weighted by Gasteiger charge is 2.22. The number of methoxy groups -OCH3 is 1. The van der Waals surface area contributed by atoms with Crippen molar-refractivity contribution in [3.8, 4) is 17.4 Å². The molecule has 174 valence electrons. The summed E-state index contributed by atoms with van der Waals surface area (Å²) in [5.74, 6) is 2.03. The number of benzene rings is 1. The molecule has 3 aromatic rings. The molecule has 5 rings (SSSR count). The molecule has 8 heteroatoms. The molecule has 2 aromatic heterocycles. The lowest BCUT2D eigenvalue weighted by molar-refractivity contribution is 0.170. The highest BCUT2D eigenvalue weighted by Crippen LogP contribution is 2.32. The fraction of sp³-hybridized carbons (Fsp3) is 0.440. The lowest BCUT2D eigenvalue weighted by Gasteiger charge is -2.20. The Morgan fingerprint density at radius 2 is 2.00 bits per heavy atom. The standard InChI is InChI=1S/C25H29FN4O3/c1-31-24-3-2-21-25(29-24)18(4-7-28-21)6-9-30-8-5-17(16-30)14-27-15-19-12-22-23(13-20(19)26)33-11-10-32-22/h2-4,7,12-13,17,27H,5-6,8-11,14-16H2,1H3/t17-/m0/s1. The van der Waals surface area contributed by atoms with Crippen molar-refractivity contribution in [1.82, 2.24) is 20.2 Å². The minimum Gasteiger partial charge on any atom is -0.486 e. The Bertz CT molecular complexity index is 1130. The van der Waals surface area contributed by atoms with Crippen molar-refractivity contribution in [2.24, 2.45) is 5.92 Å². The highest BCUT2D eigenvalue weighted by atomic mass is 19.1. The summed E-state index contributed by atoms with van der Waals surface area (Å²) in [6.45, 7) is 5.40. The molecule has 4 heterocycles. The topological polar surface area (TPSA) is 68.7 Å². The molecule has 33 heavy (non-hydrogen) atoms. The minimum absolute atomic E-state index is 0.255. The average Bonchev–Trinajstić information content (AvgIpc) is 3.30. The number of ether oxygens (including phenoxy) is 3. The predicted molar refractivity (Wildman–Crippen MR) is 123 cm³/mol. The summed E-state index contributed by atoms with van der Waals surface area (Å²) in [6, 6.07) is 9.02. The number of hydrogen-bond acceptors (Lipinski definition) is 7. The van der Waals surface area contributed by atoms with E-state index in [0.29, 0.717) is 48.6 Å². The van der Waals surface area contributed by atoms with Crippen LogP contribution in [-0.2, 0) is 13.0 Å². The van der Waals surface area contributed by atoms with Crippen LogP contribution < -0.4 is 19.5 Å². The first-order valence-electron chi connectivity index (χ1n) is 11.5. The molecule has 0 amide bonds. The maximum atomic E-state index is 14.4. The Kier molecular flexibility index (Phi) is 6.55. The van der Waals surface area contributed by atoms with Gasteiger partial charge in [-0.25, -0.2) is 9.37 Å². The first-order valence-corrected chi connectivity index (χ1v) is 11.5. The van der Waals surface area contributed by atoms with Gasteiger partial charge in [-0.2, -0.15) is 0 Å². The van der Waals surface area contributed by atoms with E-state index in [0.717, 1.165) is 50.1 Å². The van der Waals surface area contributed by atoms with Crippen molar-refractivity contribution in [1.29, 1.82) is 0 Å². The van der Waals surface area contributed by atoms with Crippen LogP contribution in [0.1, 0.15) is 17.5 Å². The summed E-state index contributed by atoms with van der Waals surface area (Å²) in [4.78, 5) is 11.5. The first kappa shape index (κ1) is 21.9. The third kappa shape index (κ3) is 5.02. The second-order valence-electron chi connectivity index (χ2n) is 8.61. The van der Waals surface area contributed by atoms with Gasteiger partial charge in [0.15, 0.2) is 11.5 Å². The monoisotopic (exact) mass is 452 g/mol. The zero-order valence-electron chi connectivity index (χ0n) is 18.8. The number of rotatable bonds is 8. The van der Waals surface area contributed by atoms with Gasteiger partial charge >= 0.3 is 0 Å². The third-order valence-corrected chi connectivity index (χ3v) is 6.38. The van der Waals surface area contributed by atoms with Crippen LogP contribution in [0.25, 0.3) is 11.0 Å². The number of halogens is 1. The van der Waals surface area contributed by atoms with Gasteiger partial charge in [0.25, 0.3) is 0 Å². The van der Waals surface area contributed by atoms with Gasteiger partial charge in [0.2, 0.25) is 5.88 Å². The fourth-order valence-electron chi connectivity index (χ4n) is 4.59. The molecule has 1 N–H and O–H groups in total. The number of likely N-dealkylation sites (tertiary alicyclic amines) is 1. The number of pyridine rings is 2. The van der Waals surface area contributed by atoms with Gasteiger partial charge in [-0.15, -0.1) is 0 Å². The zero-order valence-corrected chi connectivity index (χ0v) is 18.8. The molecular formula is C25H29FN4O3. The van der Waals surface area contributed by atoms with Crippen molar-refractivity contribution >= 4 is 11.0 Å². The molecule has 0 unspecified atom stereocenters. The van der Waals surface area contributed by atoms with E-state index in [-0.39, 0.29) is 5.82 Å². The van der Waals surface area contributed by atoms with Crippen LogP contribution in [0.4, 0.5) is 4.39 Å². The van der Waals surface area contributed by atoms with Crippen molar-refractivity contribution < 1.29 is 18.6 Å². The number of hydrogen-bond donors (Lipinski definition) is 1. The second-order valence-corrected chi connectivity index (χ2v) is 8.61. The lowest BCUT2D eigenvalue weighted by Crippen LogP contribution is -2.28. The Morgan fingerprint density at radius 1 is 1.15 bits per heavy atom. The molecule has 1 aromatic carbocycles. The maximum absolute atomic E-state index is 14.4. The van der Waals surface area contributed by atoms with E-state index >= 15 is 0 Å². The molecule has 0 spiro atoms. The Hall–Kier alpha value is -2.97. The van der Waals surface area contributed by atoms with Crippen LogP contribution in [0.2, 0.25) is 0 Å². The van der Waals surface area contributed by atoms with Gasteiger partial charge in [-0.05, 0) is 55.6 Å². The average molecular weight is 453 g/mol. The smallest absolute Gasteiger partial charge is 0.213 e. The molecule has 2 aliphatic rings. The molecule has 7 nitrogen and oxygen atoms in total. The van der Waals surface area contributed by atoms with Crippen molar-refractivity contribution in [2.45, 2.75) is 19.4 Å². The van der Waals surface area contributed by atoms with Crippen LogP contribution in [-0.4, -0.2) is 61.4 Å². The van der Waals surface area contributed by atoms with Crippen molar-refractivity contribution in [3.63, 3.8) is 0 Å². The second kappa shape index (κ2) is 9.89. The molecular weight excluding hydrogens is 423 g/mol. The summed E-state index contributed by atoms with van der Waals surface area (Å²) in [6.07, 6.45) is 3.90. The van der Waals surface area contributed by atoms with Crippen molar-refractivity contribution in [3.05, 3.63) is 53.5 Å².